The van der Waals surface area contributed by atoms with Crippen LogP contribution in [0.2, 0.25) is 0 Å². The van der Waals surface area contributed by atoms with E-state index < -0.39 is 17.3 Å². The van der Waals surface area contributed by atoms with Gasteiger partial charge in [-0.25, -0.2) is 9.59 Å². The second kappa shape index (κ2) is 10.9. The number of amides is 2. The van der Waals surface area contributed by atoms with Crippen LogP contribution in [0.3, 0.4) is 0 Å². The molecule has 0 aliphatic heterocycles. The highest BCUT2D eigenvalue weighted by atomic mass is 16.6. The first kappa shape index (κ1) is 23.7. The van der Waals surface area contributed by atoms with E-state index in [4.69, 9.17) is 9.47 Å². The van der Waals surface area contributed by atoms with E-state index in [0.717, 1.165) is 36.9 Å². The van der Waals surface area contributed by atoms with Gasteiger partial charge in [0.05, 0.1) is 0 Å². The maximum Gasteiger partial charge on any atom is 0.407 e. The maximum absolute atomic E-state index is 11.6. The van der Waals surface area contributed by atoms with Crippen molar-refractivity contribution < 1.29 is 19.1 Å². The molecular formula is C21H35N3O4. The van der Waals surface area contributed by atoms with Gasteiger partial charge in [0.2, 0.25) is 0 Å². The van der Waals surface area contributed by atoms with Crippen LogP contribution < -0.4 is 10.6 Å². The number of pyridine rings is 1. The van der Waals surface area contributed by atoms with Crippen molar-refractivity contribution in [2.45, 2.75) is 78.4 Å². The van der Waals surface area contributed by atoms with Crippen LogP contribution in [0.15, 0.2) is 18.3 Å². The van der Waals surface area contributed by atoms with Crippen molar-refractivity contribution in [3.63, 3.8) is 0 Å². The third-order valence-corrected chi connectivity index (χ3v) is 3.47. The van der Waals surface area contributed by atoms with Gasteiger partial charge in [-0.15, -0.1) is 0 Å². The lowest BCUT2D eigenvalue weighted by Gasteiger charge is -2.19. The molecule has 1 heterocycles. The van der Waals surface area contributed by atoms with Gasteiger partial charge >= 0.3 is 12.2 Å². The molecule has 0 radical (unpaired) electrons. The Morgan fingerprint density at radius 1 is 0.857 bits per heavy atom. The number of carbonyl (C=O) groups is 2. The Morgan fingerprint density at radius 2 is 1.36 bits per heavy atom. The zero-order chi connectivity index (χ0) is 21.2. The molecule has 0 aromatic carbocycles. The van der Waals surface area contributed by atoms with Crippen LogP contribution in [0, 0.1) is 0 Å². The van der Waals surface area contributed by atoms with E-state index in [0.29, 0.717) is 13.1 Å². The molecular weight excluding hydrogens is 358 g/mol. The lowest BCUT2D eigenvalue weighted by molar-refractivity contribution is 0.0515. The molecule has 0 saturated heterocycles. The summed E-state index contributed by atoms with van der Waals surface area (Å²) in [4.78, 5) is 27.6. The van der Waals surface area contributed by atoms with Crippen LogP contribution in [-0.2, 0) is 22.3 Å². The summed E-state index contributed by atoms with van der Waals surface area (Å²) in [5.74, 6) is 0. The smallest absolute Gasteiger partial charge is 0.407 e. The zero-order valence-electron chi connectivity index (χ0n) is 18.1. The standard InChI is InChI=1S/C21H35N3O4/c1-20(2,3)27-18(25)22-13-7-9-16-11-12-17(24-15-16)10-8-14-23-19(26)28-21(4,5)6/h11-12,15H,7-10,13-14H2,1-6H3,(H,22,25)(H,23,26). The van der Waals surface area contributed by atoms with Gasteiger partial charge < -0.3 is 20.1 Å². The van der Waals surface area contributed by atoms with E-state index in [1.165, 1.54) is 0 Å². The summed E-state index contributed by atoms with van der Waals surface area (Å²) in [5.41, 5.74) is 1.15. The monoisotopic (exact) mass is 393 g/mol. The van der Waals surface area contributed by atoms with E-state index in [1.807, 2.05) is 53.8 Å². The number of carbonyl (C=O) groups excluding carboxylic acids is 2. The number of nitrogens with one attached hydrogen (secondary N) is 2. The molecule has 0 saturated carbocycles. The van der Waals surface area contributed by atoms with Crippen LogP contribution in [-0.4, -0.2) is 41.5 Å². The lowest BCUT2D eigenvalue weighted by atomic mass is 10.1. The summed E-state index contributed by atoms with van der Waals surface area (Å²) in [6.07, 6.45) is 4.33. The SMILES string of the molecule is CC(C)(C)OC(=O)NCCCc1ccc(CCCNC(=O)OC(C)(C)C)nc1. The van der Waals surface area contributed by atoms with Crippen LogP contribution in [0.4, 0.5) is 9.59 Å². The van der Waals surface area contributed by atoms with Gasteiger partial charge in [-0.05, 0) is 78.9 Å². The molecule has 7 heteroatoms. The minimum atomic E-state index is -0.482. The van der Waals surface area contributed by atoms with Crippen LogP contribution >= 0.6 is 0 Å². The minimum absolute atomic E-state index is 0.388. The first-order valence-corrected chi connectivity index (χ1v) is 9.82. The Morgan fingerprint density at radius 3 is 1.79 bits per heavy atom. The van der Waals surface area contributed by atoms with Gasteiger partial charge in [0, 0.05) is 25.0 Å². The summed E-state index contributed by atoms with van der Waals surface area (Å²) in [6.45, 7) is 12.2. The number of hydrogen-bond donors (Lipinski definition) is 2. The van der Waals surface area contributed by atoms with Crippen molar-refractivity contribution >= 4 is 12.2 Å². The first-order chi connectivity index (χ1) is 12.9. The van der Waals surface area contributed by atoms with Crippen LogP contribution in [0.5, 0.6) is 0 Å². The van der Waals surface area contributed by atoms with Gasteiger partial charge in [-0.2, -0.15) is 0 Å². The molecule has 2 amide bonds. The predicted octanol–water partition coefficient (Wildman–Crippen LogP) is 4.00. The molecule has 0 bridgehead atoms. The fourth-order valence-corrected chi connectivity index (χ4v) is 2.32. The fraction of sp³-hybridized carbons (Fsp3) is 0.667. The molecule has 28 heavy (non-hydrogen) atoms. The minimum Gasteiger partial charge on any atom is -0.444 e. The average Bonchev–Trinajstić information content (AvgIpc) is 2.53. The van der Waals surface area contributed by atoms with Crippen molar-refractivity contribution in [2.24, 2.45) is 0 Å². The lowest BCUT2D eigenvalue weighted by Crippen LogP contribution is -2.33. The summed E-state index contributed by atoms with van der Waals surface area (Å²) in [5, 5.41) is 5.50. The van der Waals surface area contributed by atoms with Crippen LogP contribution in [0.1, 0.15) is 65.6 Å². The molecule has 158 valence electrons. The highest BCUT2D eigenvalue weighted by Gasteiger charge is 2.16. The number of hydrogen-bond acceptors (Lipinski definition) is 5. The Kier molecular flexibility index (Phi) is 9.22. The summed E-state index contributed by atoms with van der Waals surface area (Å²) < 4.78 is 10.4. The van der Waals surface area contributed by atoms with Crippen molar-refractivity contribution in [1.29, 1.82) is 0 Å². The third kappa shape index (κ3) is 12.1. The number of aromatic nitrogens is 1. The Hall–Kier alpha value is -2.31. The van der Waals surface area contributed by atoms with E-state index in [2.05, 4.69) is 21.7 Å². The Labute approximate surface area is 168 Å². The van der Waals surface area contributed by atoms with Crippen LogP contribution in [0.25, 0.3) is 0 Å². The number of aryl methyl sites for hydroxylation is 2. The molecule has 7 nitrogen and oxygen atoms in total. The second-order valence-electron chi connectivity index (χ2n) is 8.72. The van der Waals surface area contributed by atoms with Crippen molar-refractivity contribution in [1.82, 2.24) is 15.6 Å². The quantitative estimate of drug-likeness (QED) is 0.652. The summed E-state index contributed by atoms with van der Waals surface area (Å²) in [6, 6.07) is 4.06. The van der Waals surface area contributed by atoms with Crippen molar-refractivity contribution in [3.05, 3.63) is 29.6 Å². The molecule has 0 aliphatic rings. The normalized spacial score (nSPS) is 11.6. The van der Waals surface area contributed by atoms with Crippen molar-refractivity contribution in [3.8, 4) is 0 Å². The molecule has 0 aliphatic carbocycles. The molecule has 1 aromatic heterocycles. The predicted molar refractivity (Wildman–Crippen MR) is 109 cm³/mol. The van der Waals surface area contributed by atoms with Gasteiger partial charge in [0.1, 0.15) is 11.2 Å². The average molecular weight is 394 g/mol. The van der Waals surface area contributed by atoms with Gasteiger partial charge in [0.25, 0.3) is 0 Å². The fourth-order valence-electron chi connectivity index (χ4n) is 2.32. The number of ether oxygens (including phenoxy) is 2. The first-order valence-electron chi connectivity index (χ1n) is 9.82. The topological polar surface area (TPSA) is 89.6 Å². The summed E-state index contributed by atoms with van der Waals surface area (Å²) in [7, 11) is 0. The molecule has 0 fully saturated rings. The molecule has 0 atom stereocenters. The largest absolute Gasteiger partial charge is 0.444 e. The number of nitrogens with zero attached hydrogens (tertiary/aromatic N) is 1. The molecule has 2 N–H and O–H groups in total. The zero-order valence-corrected chi connectivity index (χ0v) is 18.1. The van der Waals surface area contributed by atoms with Crippen molar-refractivity contribution in [2.75, 3.05) is 13.1 Å². The highest BCUT2D eigenvalue weighted by molar-refractivity contribution is 5.67. The van der Waals surface area contributed by atoms with E-state index in [-0.39, 0.29) is 6.09 Å². The highest BCUT2D eigenvalue weighted by Crippen LogP contribution is 2.08. The van der Waals surface area contributed by atoms with E-state index in [1.54, 1.807) is 0 Å². The third-order valence-electron chi connectivity index (χ3n) is 3.47. The second-order valence-corrected chi connectivity index (χ2v) is 8.72. The van der Waals surface area contributed by atoms with E-state index in [9.17, 15) is 9.59 Å². The van der Waals surface area contributed by atoms with E-state index >= 15 is 0 Å². The van der Waals surface area contributed by atoms with Gasteiger partial charge in [-0.1, -0.05) is 6.07 Å². The number of alkyl carbamates (subject to hydrolysis) is 2. The van der Waals surface area contributed by atoms with Gasteiger partial charge in [-0.3, -0.25) is 4.98 Å². The Balaban J connectivity index is 2.20. The Bertz CT molecular complexity index is 561. The molecule has 0 unspecified atom stereocenters. The van der Waals surface area contributed by atoms with Gasteiger partial charge in [0.15, 0.2) is 0 Å². The molecule has 1 aromatic rings. The molecule has 1 rings (SSSR count). The number of rotatable bonds is 8. The summed E-state index contributed by atoms with van der Waals surface area (Å²) >= 11 is 0. The molecule has 0 spiro atoms. The maximum atomic E-state index is 11.6.